The molecule has 0 fully saturated rings. The van der Waals surface area contributed by atoms with Crippen molar-refractivity contribution in [2.45, 2.75) is 6.42 Å². The molecule has 0 aliphatic rings. The van der Waals surface area contributed by atoms with Crippen LogP contribution in [-0.4, -0.2) is 17.4 Å². The molecule has 0 saturated heterocycles. The molecule has 0 aliphatic carbocycles. The van der Waals surface area contributed by atoms with Gasteiger partial charge in [-0.2, -0.15) is 5.26 Å². The first-order valence-electron chi connectivity index (χ1n) is 5.52. The number of rotatable bonds is 4. The van der Waals surface area contributed by atoms with E-state index in [1.807, 2.05) is 24.4 Å². The molecule has 0 aliphatic heterocycles. The van der Waals surface area contributed by atoms with Crippen LogP contribution in [0.25, 0.3) is 0 Å². The summed E-state index contributed by atoms with van der Waals surface area (Å²) in [6.45, 7) is 0.652. The zero-order valence-electron chi connectivity index (χ0n) is 9.71. The second-order valence-corrected chi connectivity index (χ2v) is 4.57. The Morgan fingerprint density at radius 2 is 2.39 bits per heavy atom. The van der Waals surface area contributed by atoms with E-state index in [0.717, 1.165) is 12.0 Å². The number of hydrogen-bond acceptors (Lipinski definition) is 4. The van der Waals surface area contributed by atoms with Crippen LogP contribution in [0.4, 0.5) is 0 Å². The predicted molar refractivity (Wildman–Crippen MR) is 72.4 cm³/mol. The molecule has 2 heterocycles. The number of nitriles is 1. The third-order valence-electron chi connectivity index (χ3n) is 2.32. The lowest BCUT2D eigenvalue weighted by molar-refractivity contribution is 0.975. The van der Waals surface area contributed by atoms with Crippen molar-refractivity contribution in [1.29, 1.82) is 5.26 Å². The van der Waals surface area contributed by atoms with Crippen molar-refractivity contribution in [3.05, 3.63) is 52.5 Å². The summed E-state index contributed by atoms with van der Waals surface area (Å²) in [5.41, 5.74) is 0.824. The average Bonchev–Trinajstić information content (AvgIpc) is 2.92. The van der Waals surface area contributed by atoms with Crippen LogP contribution in [0.3, 0.4) is 0 Å². The summed E-state index contributed by atoms with van der Waals surface area (Å²) in [6.07, 6.45) is 6.17. The van der Waals surface area contributed by atoms with Crippen LogP contribution >= 0.6 is 11.3 Å². The van der Waals surface area contributed by atoms with Gasteiger partial charge in [0.2, 0.25) is 0 Å². The van der Waals surface area contributed by atoms with Crippen LogP contribution in [0.5, 0.6) is 0 Å². The molecule has 0 bridgehead atoms. The maximum absolute atomic E-state index is 8.72. The monoisotopic (exact) mass is 256 g/mol. The lowest BCUT2D eigenvalue weighted by Crippen LogP contribution is -2.19. The largest absolute Gasteiger partial charge is 0.277 e. The number of thiophene rings is 1. The minimum Gasteiger partial charge on any atom is -0.277 e. The molecular weight excluding hydrogens is 244 g/mol. The fraction of sp³-hybridized carbons (Fsp3) is 0.154. The molecule has 90 valence electrons. The molecule has 2 rings (SSSR count). The Morgan fingerprint density at radius 1 is 1.44 bits per heavy atom. The van der Waals surface area contributed by atoms with Gasteiger partial charge in [-0.25, -0.2) is 0 Å². The first kappa shape index (κ1) is 12.3. The molecule has 0 unspecified atom stereocenters. The third-order valence-corrected chi connectivity index (χ3v) is 3.25. The van der Waals surface area contributed by atoms with Gasteiger partial charge in [-0.3, -0.25) is 15.3 Å². The normalized spacial score (nSPS) is 10.9. The topological polar surface area (TPSA) is 61.1 Å². The molecule has 0 saturated carbocycles. The van der Waals surface area contributed by atoms with Crippen LogP contribution in [0.15, 0.2) is 47.0 Å². The summed E-state index contributed by atoms with van der Waals surface area (Å²) in [5, 5.41) is 13.4. The summed E-state index contributed by atoms with van der Waals surface area (Å²) < 4.78 is 0. The minimum absolute atomic E-state index is 0.571. The molecule has 0 aromatic carbocycles. The Kier molecular flexibility index (Phi) is 4.45. The third kappa shape index (κ3) is 3.40. The highest BCUT2D eigenvalue weighted by Crippen LogP contribution is 2.09. The van der Waals surface area contributed by atoms with Gasteiger partial charge in [-0.15, -0.1) is 11.3 Å². The highest BCUT2D eigenvalue weighted by molar-refractivity contribution is 7.09. The number of pyridine rings is 1. The molecule has 1 N–H and O–H groups in total. The first-order chi connectivity index (χ1) is 8.90. The Bertz CT molecular complexity index is 540. The lowest BCUT2D eigenvalue weighted by Gasteiger charge is -2.03. The van der Waals surface area contributed by atoms with Crippen LogP contribution in [0, 0.1) is 11.5 Å². The maximum atomic E-state index is 8.72. The van der Waals surface area contributed by atoms with E-state index >= 15 is 0 Å². The van der Waals surface area contributed by atoms with Crippen LogP contribution in [0.2, 0.25) is 0 Å². The van der Waals surface area contributed by atoms with E-state index in [0.29, 0.717) is 12.4 Å². The van der Waals surface area contributed by atoms with Crippen molar-refractivity contribution >= 4 is 17.2 Å². The predicted octanol–water partition coefficient (Wildman–Crippen LogP) is 2.20. The van der Waals surface area contributed by atoms with Gasteiger partial charge in [0.05, 0.1) is 0 Å². The molecule has 2 aromatic rings. The minimum atomic E-state index is 0.571. The fourth-order valence-electron chi connectivity index (χ4n) is 1.49. The Hall–Kier alpha value is -2.19. The number of nitrogens with zero attached hydrogens (tertiary/aromatic N) is 3. The molecule has 4 nitrogen and oxygen atoms in total. The van der Waals surface area contributed by atoms with Gasteiger partial charge in [0, 0.05) is 35.8 Å². The lowest BCUT2D eigenvalue weighted by atomic mass is 10.2. The zero-order valence-corrected chi connectivity index (χ0v) is 10.5. The van der Waals surface area contributed by atoms with Crippen molar-refractivity contribution in [3.8, 4) is 6.19 Å². The molecule has 0 radical (unpaired) electrons. The number of nitrogens with one attached hydrogen (secondary N) is 1. The van der Waals surface area contributed by atoms with E-state index < -0.39 is 0 Å². The van der Waals surface area contributed by atoms with Gasteiger partial charge in [0.1, 0.15) is 5.84 Å². The quantitative estimate of drug-likeness (QED) is 0.395. The zero-order chi connectivity index (χ0) is 12.6. The Morgan fingerprint density at radius 3 is 3.06 bits per heavy atom. The second kappa shape index (κ2) is 6.52. The van der Waals surface area contributed by atoms with Gasteiger partial charge in [-0.1, -0.05) is 6.07 Å². The molecular formula is C13H12N4S. The highest BCUT2D eigenvalue weighted by Gasteiger charge is 2.02. The van der Waals surface area contributed by atoms with Crippen LogP contribution in [-0.2, 0) is 6.42 Å². The van der Waals surface area contributed by atoms with Gasteiger partial charge in [0.15, 0.2) is 6.19 Å². The summed E-state index contributed by atoms with van der Waals surface area (Å²) in [4.78, 5) is 9.72. The van der Waals surface area contributed by atoms with Crippen molar-refractivity contribution in [2.75, 3.05) is 6.54 Å². The van der Waals surface area contributed by atoms with Gasteiger partial charge in [0.25, 0.3) is 0 Å². The van der Waals surface area contributed by atoms with Gasteiger partial charge >= 0.3 is 0 Å². The molecule has 0 amide bonds. The standard InChI is InChI=1S/C13H12N4S/c14-10-17-13(11-3-1-6-15-9-11)16-7-5-12-4-2-8-18-12/h1-4,6,8-9H,5,7H2,(H,16,17). The van der Waals surface area contributed by atoms with Crippen molar-refractivity contribution in [3.63, 3.8) is 0 Å². The number of aliphatic imine (C=N–C) groups is 1. The summed E-state index contributed by atoms with van der Waals surface area (Å²) in [5.74, 6) is 0.571. The van der Waals surface area contributed by atoms with Crippen LogP contribution in [0.1, 0.15) is 10.4 Å². The van der Waals surface area contributed by atoms with Gasteiger partial charge in [-0.05, 0) is 23.6 Å². The van der Waals surface area contributed by atoms with E-state index in [4.69, 9.17) is 5.26 Å². The van der Waals surface area contributed by atoms with E-state index in [1.165, 1.54) is 4.88 Å². The van der Waals surface area contributed by atoms with E-state index in [9.17, 15) is 0 Å². The van der Waals surface area contributed by atoms with Crippen molar-refractivity contribution < 1.29 is 0 Å². The molecule has 0 atom stereocenters. The molecule has 5 heteroatoms. The van der Waals surface area contributed by atoms with E-state index in [1.54, 1.807) is 23.7 Å². The van der Waals surface area contributed by atoms with Crippen molar-refractivity contribution in [2.24, 2.45) is 4.99 Å². The van der Waals surface area contributed by atoms with Crippen LogP contribution < -0.4 is 5.32 Å². The maximum Gasteiger partial charge on any atom is 0.182 e. The molecule has 0 spiro atoms. The number of amidine groups is 1. The summed E-state index contributed by atoms with van der Waals surface area (Å²) >= 11 is 1.72. The summed E-state index contributed by atoms with van der Waals surface area (Å²) in [7, 11) is 0. The molecule has 2 aromatic heterocycles. The number of aromatic nitrogens is 1. The average molecular weight is 256 g/mol. The smallest absolute Gasteiger partial charge is 0.182 e. The van der Waals surface area contributed by atoms with Gasteiger partial charge < -0.3 is 0 Å². The highest BCUT2D eigenvalue weighted by atomic mass is 32.1. The van der Waals surface area contributed by atoms with Crippen molar-refractivity contribution in [1.82, 2.24) is 10.3 Å². The SMILES string of the molecule is N#CNC(=NCCc1cccs1)c1cccnc1. The van der Waals surface area contributed by atoms with E-state index in [2.05, 4.69) is 26.7 Å². The second-order valence-electron chi connectivity index (χ2n) is 3.54. The number of hydrogen-bond donors (Lipinski definition) is 1. The Labute approximate surface area is 110 Å². The first-order valence-corrected chi connectivity index (χ1v) is 6.40. The fourth-order valence-corrected chi connectivity index (χ4v) is 2.19. The Balaban J connectivity index is 2.04. The summed E-state index contributed by atoms with van der Waals surface area (Å²) in [6, 6.07) is 7.81. The molecule has 18 heavy (non-hydrogen) atoms. The van der Waals surface area contributed by atoms with E-state index in [-0.39, 0.29) is 0 Å².